The summed E-state index contributed by atoms with van der Waals surface area (Å²) < 4.78 is 79.6. The molecule has 0 unspecified atom stereocenters. The minimum Gasteiger partial charge on any atom is -0.399 e. The number of piperidine rings is 1. The van der Waals surface area contributed by atoms with Crippen molar-refractivity contribution in [2.75, 3.05) is 38.2 Å². The summed E-state index contributed by atoms with van der Waals surface area (Å²) in [6.45, 7) is 2.74. The zero-order chi connectivity index (χ0) is 28.9. The van der Waals surface area contributed by atoms with Gasteiger partial charge in [0.15, 0.2) is 9.84 Å². The SMILES string of the molecule is CS(=O)(=O)c1ccc([C@@H](CCN2CCC(CCNS(=O)(=O)c3ccc(N)cc3)CC2)c2cc(F)cc(F)c2)cc1. The first kappa shape index (κ1) is 30.1. The number of hydrogen-bond acceptors (Lipinski definition) is 6. The van der Waals surface area contributed by atoms with Gasteiger partial charge in [0.2, 0.25) is 10.0 Å². The average Bonchev–Trinajstić information content (AvgIpc) is 2.89. The first-order valence-electron chi connectivity index (χ1n) is 13.2. The van der Waals surface area contributed by atoms with E-state index in [1.54, 1.807) is 24.3 Å². The van der Waals surface area contributed by atoms with Gasteiger partial charge in [0, 0.05) is 30.5 Å². The second-order valence-corrected chi connectivity index (χ2v) is 14.2. The van der Waals surface area contributed by atoms with Crippen molar-refractivity contribution in [3.05, 3.63) is 89.5 Å². The Balaban J connectivity index is 1.33. The molecule has 216 valence electrons. The molecule has 1 heterocycles. The van der Waals surface area contributed by atoms with E-state index in [1.165, 1.54) is 36.4 Å². The van der Waals surface area contributed by atoms with E-state index >= 15 is 0 Å². The van der Waals surface area contributed by atoms with Crippen molar-refractivity contribution in [2.24, 2.45) is 5.92 Å². The standard InChI is InChI=1S/C29H35F2N3O4S2/c1-39(35,36)27-6-2-22(3-7-27)29(23-18-24(30)20-25(31)19-23)13-17-34-15-11-21(12-16-34)10-14-33-40(37,38)28-8-4-26(32)5-9-28/h2-9,18-21,29,33H,10-17,32H2,1H3/t29-/m1/s1. The minimum atomic E-state index is -3.58. The third-order valence-electron chi connectivity index (χ3n) is 7.47. The quantitative estimate of drug-likeness (QED) is 0.317. The number of hydrogen-bond donors (Lipinski definition) is 2. The molecule has 1 aliphatic heterocycles. The van der Waals surface area contributed by atoms with Crippen LogP contribution >= 0.6 is 0 Å². The molecule has 0 aliphatic carbocycles. The normalized spacial score (nSPS) is 16.2. The topological polar surface area (TPSA) is 110 Å². The maximum Gasteiger partial charge on any atom is 0.240 e. The number of nitrogens with two attached hydrogens (primary N) is 1. The Labute approximate surface area is 235 Å². The van der Waals surface area contributed by atoms with Gasteiger partial charge in [-0.05, 0) is 111 Å². The van der Waals surface area contributed by atoms with Crippen LogP contribution in [0.5, 0.6) is 0 Å². The van der Waals surface area contributed by atoms with E-state index in [0.717, 1.165) is 50.2 Å². The zero-order valence-corrected chi connectivity index (χ0v) is 24.0. The van der Waals surface area contributed by atoms with Crippen LogP contribution in [0.1, 0.15) is 42.7 Å². The lowest BCUT2D eigenvalue weighted by atomic mass is 9.87. The van der Waals surface area contributed by atoms with Crippen LogP contribution < -0.4 is 10.5 Å². The molecule has 1 atom stereocenters. The van der Waals surface area contributed by atoms with Gasteiger partial charge in [0.1, 0.15) is 11.6 Å². The van der Waals surface area contributed by atoms with Crippen LogP contribution in [-0.2, 0) is 19.9 Å². The van der Waals surface area contributed by atoms with E-state index < -0.39 is 31.5 Å². The van der Waals surface area contributed by atoms with Gasteiger partial charge in [-0.15, -0.1) is 0 Å². The number of likely N-dealkylation sites (tertiary alicyclic amines) is 1. The molecule has 1 fully saturated rings. The molecule has 7 nitrogen and oxygen atoms in total. The molecule has 0 amide bonds. The van der Waals surface area contributed by atoms with E-state index in [2.05, 4.69) is 9.62 Å². The average molecular weight is 592 g/mol. The summed E-state index contributed by atoms with van der Waals surface area (Å²) in [7, 11) is -6.94. The first-order chi connectivity index (χ1) is 18.9. The first-order valence-corrected chi connectivity index (χ1v) is 16.6. The van der Waals surface area contributed by atoms with Crippen molar-refractivity contribution in [3.63, 3.8) is 0 Å². The molecule has 3 N–H and O–H groups in total. The molecule has 0 aromatic heterocycles. The van der Waals surface area contributed by atoms with E-state index in [9.17, 15) is 25.6 Å². The van der Waals surface area contributed by atoms with E-state index in [1.807, 2.05) is 0 Å². The van der Waals surface area contributed by atoms with Crippen LogP contribution in [0, 0.1) is 17.6 Å². The van der Waals surface area contributed by atoms with Gasteiger partial charge in [-0.3, -0.25) is 0 Å². The third-order valence-corrected chi connectivity index (χ3v) is 10.1. The molecule has 1 saturated heterocycles. The van der Waals surface area contributed by atoms with Gasteiger partial charge in [0.25, 0.3) is 0 Å². The monoisotopic (exact) mass is 591 g/mol. The number of nitrogens with one attached hydrogen (secondary N) is 1. The summed E-state index contributed by atoms with van der Waals surface area (Å²) in [5, 5.41) is 0. The molecule has 11 heteroatoms. The predicted molar refractivity (Wildman–Crippen MR) is 152 cm³/mol. The van der Waals surface area contributed by atoms with Gasteiger partial charge in [0.05, 0.1) is 9.79 Å². The number of sulfone groups is 1. The molecule has 0 radical (unpaired) electrons. The van der Waals surface area contributed by atoms with Crippen LogP contribution in [0.25, 0.3) is 0 Å². The summed E-state index contributed by atoms with van der Waals surface area (Å²) >= 11 is 0. The summed E-state index contributed by atoms with van der Waals surface area (Å²) in [5.74, 6) is -1.22. The Hall–Kier alpha value is -2.86. The molecule has 1 aliphatic rings. The van der Waals surface area contributed by atoms with Crippen molar-refractivity contribution in [2.45, 2.75) is 41.4 Å². The fourth-order valence-corrected chi connectivity index (χ4v) is 6.87. The van der Waals surface area contributed by atoms with Gasteiger partial charge in [-0.2, -0.15) is 0 Å². The van der Waals surface area contributed by atoms with Gasteiger partial charge < -0.3 is 10.6 Å². The van der Waals surface area contributed by atoms with E-state index in [-0.39, 0.29) is 15.7 Å². The molecule has 3 aromatic carbocycles. The highest BCUT2D eigenvalue weighted by atomic mass is 32.2. The number of sulfonamides is 1. The summed E-state index contributed by atoms with van der Waals surface area (Å²) in [5.41, 5.74) is 7.44. The van der Waals surface area contributed by atoms with Gasteiger partial charge in [-0.25, -0.2) is 30.3 Å². The van der Waals surface area contributed by atoms with Crippen LogP contribution in [-0.4, -0.2) is 54.2 Å². The second kappa shape index (κ2) is 12.8. The third kappa shape index (κ3) is 8.09. The molecule has 0 saturated carbocycles. The zero-order valence-electron chi connectivity index (χ0n) is 22.4. The second-order valence-electron chi connectivity index (χ2n) is 10.4. The number of anilines is 1. The Morgan fingerprint density at radius 2 is 1.45 bits per heavy atom. The Morgan fingerprint density at radius 1 is 0.875 bits per heavy atom. The van der Waals surface area contributed by atoms with Crippen LogP contribution in [0.15, 0.2) is 76.5 Å². The molecule has 40 heavy (non-hydrogen) atoms. The smallest absolute Gasteiger partial charge is 0.240 e. The molecule has 4 rings (SSSR count). The largest absolute Gasteiger partial charge is 0.399 e. The highest BCUT2D eigenvalue weighted by molar-refractivity contribution is 7.90. The fraction of sp³-hybridized carbons (Fsp3) is 0.379. The summed E-state index contributed by atoms with van der Waals surface area (Å²) in [6, 6.07) is 16.1. The minimum absolute atomic E-state index is 0.190. The maximum absolute atomic E-state index is 14.1. The number of benzene rings is 3. The number of halogens is 2. The lowest BCUT2D eigenvalue weighted by Gasteiger charge is -2.33. The lowest BCUT2D eigenvalue weighted by Crippen LogP contribution is -2.36. The Morgan fingerprint density at radius 3 is 2.02 bits per heavy atom. The highest BCUT2D eigenvalue weighted by Gasteiger charge is 2.23. The van der Waals surface area contributed by atoms with Gasteiger partial charge >= 0.3 is 0 Å². The lowest BCUT2D eigenvalue weighted by molar-refractivity contribution is 0.176. The number of nitrogen functional groups attached to an aromatic ring is 1. The summed E-state index contributed by atoms with van der Waals surface area (Å²) in [4.78, 5) is 2.69. The van der Waals surface area contributed by atoms with Crippen molar-refractivity contribution >= 4 is 25.5 Å². The highest BCUT2D eigenvalue weighted by Crippen LogP contribution is 2.31. The predicted octanol–water partition coefficient (Wildman–Crippen LogP) is 4.55. The van der Waals surface area contributed by atoms with Crippen molar-refractivity contribution in [1.82, 2.24) is 9.62 Å². The Kier molecular flexibility index (Phi) is 9.60. The van der Waals surface area contributed by atoms with Crippen molar-refractivity contribution in [1.29, 1.82) is 0 Å². The number of nitrogens with zero attached hydrogens (tertiary/aromatic N) is 1. The molecular weight excluding hydrogens is 556 g/mol. The Bertz CT molecular complexity index is 1490. The van der Waals surface area contributed by atoms with E-state index in [4.69, 9.17) is 5.73 Å². The molecule has 3 aromatic rings. The van der Waals surface area contributed by atoms with Crippen LogP contribution in [0.3, 0.4) is 0 Å². The fourth-order valence-electron chi connectivity index (χ4n) is 5.19. The van der Waals surface area contributed by atoms with Crippen molar-refractivity contribution < 1.29 is 25.6 Å². The maximum atomic E-state index is 14.1. The van der Waals surface area contributed by atoms with E-state index in [0.29, 0.717) is 36.7 Å². The summed E-state index contributed by atoms with van der Waals surface area (Å²) in [6.07, 6.45) is 4.32. The van der Waals surface area contributed by atoms with Crippen molar-refractivity contribution in [3.8, 4) is 0 Å². The molecular formula is C29H35F2N3O4S2. The van der Waals surface area contributed by atoms with Crippen LogP contribution in [0.2, 0.25) is 0 Å². The van der Waals surface area contributed by atoms with Crippen LogP contribution in [0.4, 0.5) is 14.5 Å². The number of rotatable bonds is 11. The molecule has 0 spiro atoms. The van der Waals surface area contributed by atoms with Gasteiger partial charge in [-0.1, -0.05) is 12.1 Å². The molecule has 0 bridgehead atoms.